The largest absolute Gasteiger partial charge is 0.382 e. The number of hydrogen-bond donors (Lipinski definition) is 1. The second kappa shape index (κ2) is 4.61. The highest BCUT2D eigenvalue weighted by molar-refractivity contribution is 5.78. The van der Waals surface area contributed by atoms with E-state index in [1.165, 1.54) is 0 Å². The van der Waals surface area contributed by atoms with E-state index in [1.54, 1.807) is 21.4 Å². The molecule has 0 aliphatic heterocycles. The van der Waals surface area contributed by atoms with Gasteiger partial charge in [-0.05, 0) is 23.6 Å². The first-order valence-electron chi connectivity index (χ1n) is 6.11. The van der Waals surface area contributed by atoms with Crippen molar-refractivity contribution < 1.29 is 0 Å². The minimum atomic E-state index is -0.00109. The maximum absolute atomic E-state index is 12.0. The Morgan fingerprint density at radius 3 is 2.68 bits per heavy atom. The number of nitrogens with two attached hydrogens (primary N) is 1. The lowest BCUT2D eigenvalue weighted by Crippen LogP contribution is -2.22. The predicted molar refractivity (Wildman–Crippen MR) is 74.8 cm³/mol. The summed E-state index contributed by atoms with van der Waals surface area (Å²) in [4.78, 5) is 12.0. The molecule has 3 aromatic rings. The molecule has 19 heavy (non-hydrogen) atoms. The smallest absolute Gasteiger partial charge is 0.251 e. The molecule has 0 radical (unpaired) electrons. The van der Waals surface area contributed by atoms with Crippen LogP contribution in [0.1, 0.15) is 0 Å². The van der Waals surface area contributed by atoms with Gasteiger partial charge in [-0.25, -0.2) is 0 Å². The number of fused-ring (bicyclic) bond motifs is 1. The first-order chi connectivity index (χ1) is 9.24. The third kappa shape index (κ3) is 2.22. The monoisotopic (exact) mass is 254 g/mol. The molecule has 1 aromatic carbocycles. The third-order valence-corrected chi connectivity index (χ3v) is 3.11. The van der Waals surface area contributed by atoms with Crippen LogP contribution in [0.5, 0.6) is 0 Å². The highest BCUT2D eigenvalue weighted by Crippen LogP contribution is 2.11. The lowest BCUT2D eigenvalue weighted by atomic mass is 10.2. The molecule has 0 fully saturated rings. The van der Waals surface area contributed by atoms with Gasteiger partial charge in [-0.1, -0.05) is 18.2 Å². The van der Waals surface area contributed by atoms with Crippen molar-refractivity contribution in [3.8, 4) is 0 Å². The molecule has 0 saturated carbocycles. The second-order valence-corrected chi connectivity index (χ2v) is 4.39. The van der Waals surface area contributed by atoms with Crippen LogP contribution >= 0.6 is 0 Å². The topological polar surface area (TPSA) is 65.8 Å². The van der Waals surface area contributed by atoms with E-state index in [4.69, 9.17) is 5.73 Å². The van der Waals surface area contributed by atoms with Gasteiger partial charge < -0.3 is 10.3 Å². The van der Waals surface area contributed by atoms with Gasteiger partial charge in [0.05, 0.1) is 12.1 Å². The van der Waals surface area contributed by atoms with Crippen LogP contribution in [0.3, 0.4) is 0 Å². The summed E-state index contributed by atoms with van der Waals surface area (Å²) in [7, 11) is 0. The Balaban J connectivity index is 1.96. The number of nitrogen functional groups attached to an aromatic ring is 1. The van der Waals surface area contributed by atoms with E-state index in [0.717, 1.165) is 10.9 Å². The van der Waals surface area contributed by atoms with E-state index in [1.807, 2.05) is 36.5 Å². The molecule has 0 amide bonds. The molecular formula is C14H14N4O. The Labute approximate surface area is 109 Å². The Morgan fingerprint density at radius 2 is 1.89 bits per heavy atom. The van der Waals surface area contributed by atoms with Crippen LogP contribution in [0.25, 0.3) is 10.9 Å². The Kier molecular flexibility index (Phi) is 2.79. The zero-order valence-corrected chi connectivity index (χ0v) is 10.4. The number of aromatic nitrogens is 3. The summed E-state index contributed by atoms with van der Waals surface area (Å²) < 4.78 is 3.50. The molecule has 2 N–H and O–H groups in total. The van der Waals surface area contributed by atoms with Crippen LogP contribution in [0.15, 0.2) is 53.5 Å². The van der Waals surface area contributed by atoms with Crippen molar-refractivity contribution in [2.45, 2.75) is 13.1 Å². The molecule has 5 nitrogen and oxygen atoms in total. The first kappa shape index (κ1) is 11.5. The summed E-state index contributed by atoms with van der Waals surface area (Å²) >= 11 is 0. The van der Waals surface area contributed by atoms with Gasteiger partial charge in [0.25, 0.3) is 5.56 Å². The maximum atomic E-state index is 12.0. The number of nitrogens with zero attached hydrogens (tertiary/aromatic N) is 3. The van der Waals surface area contributed by atoms with Crippen molar-refractivity contribution in [3.05, 3.63) is 59.0 Å². The number of benzene rings is 1. The molecule has 2 aromatic heterocycles. The number of pyridine rings is 1. The number of rotatable bonds is 3. The predicted octanol–water partition coefficient (Wildman–Crippen LogP) is 1.48. The standard InChI is InChI=1S/C14H14N4O/c15-13-7-8-17(16-13)9-10-18-12-4-2-1-3-11(12)5-6-14(18)19/h1-8H,9-10H2,(H2,15,16). The van der Waals surface area contributed by atoms with Gasteiger partial charge in [-0.3, -0.25) is 9.48 Å². The molecular weight excluding hydrogens is 240 g/mol. The third-order valence-electron chi connectivity index (χ3n) is 3.11. The highest BCUT2D eigenvalue weighted by Gasteiger charge is 2.03. The van der Waals surface area contributed by atoms with E-state index in [2.05, 4.69) is 5.10 Å². The second-order valence-electron chi connectivity index (χ2n) is 4.39. The summed E-state index contributed by atoms with van der Waals surface area (Å²) in [6.45, 7) is 1.19. The first-order valence-corrected chi connectivity index (χ1v) is 6.11. The molecule has 0 saturated heterocycles. The van der Waals surface area contributed by atoms with Gasteiger partial charge in [0.1, 0.15) is 5.82 Å². The summed E-state index contributed by atoms with van der Waals surface area (Å²) in [5, 5.41) is 5.17. The molecule has 0 atom stereocenters. The average Bonchev–Trinajstić information content (AvgIpc) is 2.83. The number of aryl methyl sites for hydroxylation is 2. The van der Waals surface area contributed by atoms with Crippen LogP contribution in [-0.4, -0.2) is 14.3 Å². The number of hydrogen-bond acceptors (Lipinski definition) is 3. The highest BCUT2D eigenvalue weighted by atomic mass is 16.1. The fourth-order valence-corrected chi connectivity index (χ4v) is 2.18. The molecule has 0 bridgehead atoms. The van der Waals surface area contributed by atoms with Crippen LogP contribution in [0, 0.1) is 0 Å². The molecule has 3 rings (SSSR count). The SMILES string of the molecule is Nc1ccn(CCn2c(=O)ccc3ccccc32)n1. The minimum Gasteiger partial charge on any atom is -0.382 e. The van der Waals surface area contributed by atoms with Crippen molar-refractivity contribution in [1.82, 2.24) is 14.3 Å². The summed E-state index contributed by atoms with van der Waals surface area (Å²) in [6, 6.07) is 13.0. The Hall–Kier alpha value is -2.56. The maximum Gasteiger partial charge on any atom is 0.251 e. The van der Waals surface area contributed by atoms with E-state index in [0.29, 0.717) is 18.9 Å². The van der Waals surface area contributed by atoms with Gasteiger partial charge in [0, 0.05) is 18.8 Å². The van der Waals surface area contributed by atoms with E-state index >= 15 is 0 Å². The zero-order chi connectivity index (χ0) is 13.2. The van der Waals surface area contributed by atoms with Crippen molar-refractivity contribution in [2.75, 3.05) is 5.73 Å². The van der Waals surface area contributed by atoms with E-state index in [-0.39, 0.29) is 5.56 Å². The average molecular weight is 254 g/mol. The summed E-state index contributed by atoms with van der Waals surface area (Å²) in [5.41, 5.74) is 6.51. The van der Waals surface area contributed by atoms with E-state index < -0.39 is 0 Å². The lowest BCUT2D eigenvalue weighted by Gasteiger charge is -2.09. The van der Waals surface area contributed by atoms with Crippen LogP contribution in [-0.2, 0) is 13.1 Å². The van der Waals surface area contributed by atoms with Gasteiger partial charge >= 0.3 is 0 Å². The molecule has 2 heterocycles. The molecule has 0 aliphatic carbocycles. The molecule has 0 unspecified atom stereocenters. The Morgan fingerprint density at radius 1 is 1.05 bits per heavy atom. The van der Waals surface area contributed by atoms with Crippen molar-refractivity contribution >= 4 is 16.7 Å². The molecule has 0 aliphatic rings. The van der Waals surface area contributed by atoms with Crippen LogP contribution < -0.4 is 11.3 Å². The Bertz CT molecular complexity index is 772. The summed E-state index contributed by atoms with van der Waals surface area (Å²) in [6.07, 6.45) is 1.81. The quantitative estimate of drug-likeness (QED) is 0.770. The fraction of sp³-hybridized carbons (Fsp3) is 0.143. The zero-order valence-electron chi connectivity index (χ0n) is 10.4. The van der Waals surface area contributed by atoms with E-state index in [9.17, 15) is 4.79 Å². The number of para-hydroxylation sites is 1. The normalized spacial score (nSPS) is 10.9. The molecule has 5 heteroatoms. The number of anilines is 1. The molecule has 0 spiro atoms. The van der Waals surface area contributed by atoms with Crippen molar-refractivity contribution in [2.24, 2.45) is 0 Å². The van der Waals surface area contributed by atoms with Gasteiger partial charge in [-0.2, -0.15) is 5.10 Å². The van der Waals surface area contributed by atoms with Gasteiger partial charge in [-0.15, -0.1) is 0 Å². The van der Waals surface area contributed by atoms with Crippen LogP contribution in [0.4, 0.5) is 5.82 Å². The lowest BCUT2D eigenvalue weighted by molar-refractivity contribution is 0.535. The summed E-state index contributed by atoms with van der Waals surface area (Å²) in [5.74, 6) is 0.491. The van der Waals surface area contributed by atoms with Crippen molar-refractivity contribution in [3.63, 3.8) is 0 Å². The van der Waals surface area contributed by atoms with Gasteiger partial charge in [0.2, 0.25) is 0 Å². The molecule has 96 valence electrons. The van der Waals surface area contributed by atoms with Crippen LogP contribution in [0.2, 0.25) is 0 Å². The minimum absolute atomic E-state index is 0.00109. The fourth-order valence-electron chi connectivity index (χ4n) is 2.18. The van der Waals surface area contributed by atoms with Crippen molar-refractivity contribution in [1.29, 1.82) is 0 Å². The van der Waals surface area contributed by atoms with Gasteiger partial charge in [0.15, 0.2) is 0 Å².